The van der Waals surface area contributed by atoms with Gasteiger partial charge >= 0.3 is 0 Å². The Bertz CT molecular complexity index is 1130. The average molecular weight is 397 g/mol. The third-order valence-electron chi connectivity index (χ3n) is 3.88. The van der Waals surface area contributed by atoms with Crippen molar-refractivity contribution in [3.05, 3.63) is 87.4 Å². The minimum atomic E-state index is -0.311. The third-order valence-corrected chi connectivity index (χ3v) is 5.05. The molecule has 0 N–H and O–H groups in total. The normalized spacial score (nSPS) is 11.7. The number of nitrogens with zero attached hydrogens (tertiary/aromatic N) is 6. The number of carbonyl (C=O) groups is 1. The monoisotopic (exact) mass is 396 g/mol. The number of aromatic nitrogens is 5. The van der Waals surface area contributed by atoms with Crippen LogP contribution in [0.4, 0.5) is 0 Å². The Labute approximate surface area is 163 Å². The second kappa shape index (κ2) is 7.65. The molecule has 0 saturated heterocycles. The van der Waals surface area contributed by atoms with Crippen molar-refractivity contribution in [2.45, 2.75) is 6.54 Å². The van der Waals surface area contributed by atoms with Crippen LogP contribution in [0.25, 0.3) is 5.69 Å². The molecule has 0 atom stereocenters. The third kappa shape index (κ3) is 3.86. The minimum absolute atomic E-state index is 0.311. The summed E-state index contributed by atoms with van der Waals surface area (Å²) >= 11 is 7.63. The van der Waals surface area contributed by atoms with Crippen molar-refractivity contribution in [3.8, 4) is 5.69 Å². The molecule has 2 heterocycles. The van der Waals surface area contributed by atoms with Gasteiger partial charge in [0, 0.05) is 22.2 Å². The van der Waals surface area contributed by atoms with Gasteiger partial charge < -0.3 is 4.57 Å². The lowest BCUT2D eigenvalue weighted by Gasteiger charge is -2.05. The number of tetrazole rings is 1. The Hall–Kier alpha value is -3.10. The van der Waals surface area contributed by atoms with Crippen LogP contribution in [0.1, 0.15) is 15.9 Å². The van der Waals surface area contributed by atoms with Crippen molar-refractivity contribution in [2.75, 3.05) is 0 Å². The van der Waals surface area contributed by atoms with Crippen molar-refractivity contribution in [1.82, 2.24) is 24.8 Å². The molecule has 0 aliphatic heterocycles. The van der Waals surface area contributed by atoms with Gasteiger partial charge in [-0.2, -0.15) is 4.99 Å². The molecule has 0 saturated carbocycles. The maximum absolute atomic E-state index is 12.5. The molecule has 27 heavy (non-hydrogen) atoms. The van der Waals surface area contributed by atoms with Crippen molar-refractivity contribution in [3.63, 3.8) is 0 Å². The van der Waals surface area contributed by atoms with E-state index in [-0.39, 0.29) is 5.91 Å². The summed E-state index contributed by atoms with van der Waals surface area (Å²) in [4.78, 5) is 17.4. The van der Waals surface area contributed by atoms with Crippen LogP contribution in [0, 0.1) is 0 Å². The zero-order valence-electron chi connectivity index (χ0n) is 13.9. The zero-order valence-corrected chi connectivity index (χ0v) is 15.5. The number of hydrogen-bond donors (Lipinski definition) is 0. The highest BCUT2D eigenvalue weighted by Crippen LogP contribution is 2.16. The van der Waals surface area contributed by atoms with E-state index < -0.39 is 0 Å². The van der Waals surface area contributed by atoms with E-state index in [2.05, 4.69) is 20.5 Å². The summed E-state index contributed by atoms with van der Waals surface area (Å²) in [6.07, 6.45) is 3.38. The van der Waals surface area contributed by atoms with Gasteiger partial charge in [-0.25, -0.2) is 4.68 Å². The molecule has 0 bridgehead atoms. The van der Waals surface area contributed by atoms with Crippen LogP contribution < -0.4 is 4.80 Å². The van der Waals surface area contributed by atoms with Gasteiger partial charge in [0.1, 0.15) is 6.33 Å². The van der Waals surface area contributed by atoms with E-state index in [0.29, 0.717) is 21.9 Å². The fourth-order valence-electron chi connectivity index (χ4n) is 2.51. The molecule has 1 amide bonds. The molecule has 0 unspecified atom stereocenters. The van der Waals surface area contributed by atoms with E-state index >= 15 is 0 Å². The molecule has 4 aromatic rings. The van der Waals surface area contributed by atoms with E-state index in [1.54, 1.807) is 24.3 Å². The highest BCUT2D eigenvalue weighted by Gasteiger charge is 2.07. The summed E-state index contributed by atoms with van der Waals surface area (Å²) < 4.78 is 3.42. The van der Waals surface area contributed by atoms with Gasteiger partial charge in [0.15, 0.2) is 4.80 Å². The SMILES string of the molecule is O=C(N=c1sccn1Cc1ccccc1Cl)c1ccc(-n2cnnn2)cc1. The van der Waals surface area contributed by atoms with E-state index in [1.807, 2.05) is 40.4 Å². The van der Waals surface area contributed by atoms with E-state index in [1.165, 1.54) is 22.3 Å². The maximum Gasteiger partial charge on any atom is 0.279 e. The molecule has 9 heteroatoms. The summed E-state index contributed by atoms with van der Waals surface area (Å²) in [5.74, 6) is -0.311. The molecule has 0 radical (unpaired) electrons. The fourth-order valence-corrected chi connectivity index (χ4v) is 3.43. The molecule has 4 rings (SSSR count). The number of amides is 1. The average Bonchev–Trinajstić information content (AvgIpc) is 3.36. The number of thiazole rings is 1. The summed E-state index contributed by atoms with van der Waals surface area (Å²) in [7, 11) is 0. The largest absolute Gasteiger partial charge is 0.319 e. The van der Waals surface area contributed by atoms with Crippen molar-refractivity contribution >= 4 is 28.8 Å². The van der Waals surface area contributed by atoms with Crippen LogP contribution in [0.15, 0.2) is 71.4 Å². The number of halogens is 1. The number of benzene rings is 2. The second-order valence-corrected chi connectivity index (χ2v) is 6.90. The lowest BCUT2D eigenvalue weighted by molar-refractivity contribution is 0.0998. The van der Waals surface area contributed by atoms with Crippen LogP contribution in [0.3, 0.4) is 0 Å². The minimum Gasteiger partial charge on any atom is -0.319 e. The summed E-state index contributed by atoms with van der Waals surface area (Å²) in [5, 5.41) is 13.6. The van der Waals surface area contributed by atoms with Crippen molar-refractivity contribution < 1.29 is 4.79 Å². The van der Waals surface area contributed by atoms with Gasteiger partial charge in [0.05, 0.1) is 12.2 Å². The highest BCUT2D eigenvalue weighted by atomic mass is 35.5. The molecule has 0 fully saturated rings. The highest BCUT2D eigenvalue weighted by molar-refractivity contribution is 7.07. The van der Waals surface area contributed by atoms with Gasteiger partial charge in [0.25, 0.3) is 5.91 Å². The summed E-state index contributed by atoms with van der Waals surface area (Å²) in [5.41, 5.74) is 2.23. The molecule has 7 nitrogen and oxygen atoms in total. The van der Waals surface area contributed by atoms with Crippen LogP contribution in [-0.4, -0.2) is 30.7 Å². The van der Waals surface area contributed by atoms with Crippen molar-refractivity contribution in [2.24, 2.45) is 4.99 Å². The topological polar surface area (TPSA) is 78.0 Å². The van der Waals surface area contributed by atoms with Crippen LogP contribution in [0.2, 0.25) is 5.02 Å². The quantitative estimate of drug-likeness (QED) is 0.531. The second-order valence-electron chi connectivity index (χ2n) is 5.62. The Balaban J connectivity index is 1.58. The first kappa shape index (κ1) is 17.3. The predicted octanol–water partition coefficient (Wildman–Crippen LogP) is 2.97. The molecule has 0 spiro atoms. The first-order chi connectivity index (χ1) is 13.2. The molecule has 2 aromatic heterocycles. The van der Waals surface area contributed by atoms with Gasteiger partial charge in [-0.05, 0) is 46.3 Å². The maximum atomic E-state index is 12.5. The van der Waals surface area contributed by atoms with Crippen LogP contribution in [-0.2, 0) is 6.54 Å². The molecule has 2 aromatic carbocycles. The van der Waals surface area contributed by atoms with E-state index in [9.17, 15) is 4.79 Å². The Kier molecular flexibility index (Phi) is 4.91. The standard InChI is InChI=1S/C18H13ClN6OS/c19-16-4-2-1-3-14(16)11-24-9-10-27-18(24)21-17(26)13-5-7-15(8-6-13)25-12-20-22-23-25/h1-10,12H,11H2. The molecular weight excluding hydrogens is 384 g/mol. The lowest BCUT2D eigenvalue weighted by Crippen LogP contribution is -2.17. The number of rotatable bonds is 4. The van der Waals surface area contributed by atoms with E-state index in [4.69, 9.17) is 11.6 Å². The molecule has 0 aliphatic carbocycles. The Morgan fingerprint density at radius 3 is 2.70 bits per heavy atom. The molecule has 0 aliphatic rings. The predicted molar refractivity (Wildman–Crippen MR) is 102 cm³/mol. The smallest absolute Gasteiger partial charge is 0.279 e. The van der Waals surface area contributed by atoms with E-state index in [0.717, 1.165) is 11.3 Å². The van der Waals surface area contributed by atoms with Gasteiger partial charge in [-0.3, -0.25) is 4.79 Å². The fraction of sp³-hybridized carbons (Fsp3) is 0.0556. The molecule has 134 valence electrons. The van der Waals surface area contributed by atoms with Crippen LogP contribution >= 0.6 is 22.9 Å². The van der Waals surface area contributed by atoms with Gasteiger partial charge in [0.2, 0.25) is 0 Å². The Morgan fingerprint density at radius 2 is 1.96 bits per heavy atom. The van der Waals surface area contributed by atoms with Gasteiger partial charge in [-0.15, -0.1) is 16.4 Å². The lowest BCUT2D eigenvalue weighted by atomic mass is 10.2. The van der Waals surface area contributed by atoms with Crippen LogP contribution in [0.5, 0.6) is 0 Å². The summed E-state index contributed by atoms with van der Waals surface area (Å²) in [6.45, 7) is 0.549. The first-order valence-electron chi connectivity index (χ1n) is 8.00. The number of carbonyl (C=O) groups excluding carboxylic acids is 1. The Morgan fingerprint density at radius 1 is 1.15 bits per heavy atom. The zero-order chi connectivity index (χ0) is 18.6. The first-order valence-corrected chi connectivity index (χ1v) is 9.26. The summed E-state index contributed by atoms with van der Waals surface area (Å²) in [6, 6.07) is 14.6. The number of hydrogen-bond acceptors (Lipinski definition) is 5. The van der Waals surface area contributed by atoms with Crippen molar-refractivity contribution in [1.29, 1.82) is 0 Å². The van der Waals surface area contributed by atoms with Gasteiger partial charge in [-0.1, -0.05) is 29.8 Å². The molecular formula is C18H13ClN6OS.